The standard InChI is InChI=1S/C11H12BrClN2O2/c1-6(2)15-9(8(13)5-14-15)10(16)11-7(12)3-4-17-11/h3-6,10,16H,1-2H3. The summed E-state index contributed by atoms with van der Waals surface area (Å²) in [6, 6.07) is 1.84. The Kier molecular flexibility index (Phi) is 3.61. The fourth-order valence-electron chi connectivity index (χ4n) is 1.64. The van der Waals surface area contributed by atoms with Gasteiger partial charge in [0.05, 0.1) is 27.6 Å². The van der Waals surface area contributed by atoms with Crippen LogP contribution in [0.2, 0.25) is 5.02 Å². The van der Waals surface area contributed by atoms with Crippen LogP contribution in [0.25, 0.3) is 0 Å². The molecule has 0 spiro atoms. The van der Waals surface area contributed by atoms with Gasteiger partial charge in [0.15, 0.2) is 11.9 Å². The fourth-order valence-corrected chi connectivity index (χ4v) is 2.29. The van der Waals surface area contributed by atoms with Crippen molar-refractivity contribution in [1.82, 2.24) is 9.78 Å². The van der Waals surface area contributed by atoms with Gasteiger partial charge in [0, 0.05) is 6.04 Å². The average Bonchev–Trinajstić information content (AvgIpc) is 2.83. The van der Waals surface area contributed by atoms with E-state index in [2.05, 4.69) is 21.0 Å². The van der Waals surface area contributed by atoms with Gasteiger partial charge in [0.2, 0.25) is 0 Å². The maximum Gasteiger partial charge on any atom is 0.156 e. The lowest BCUT2D eigenvalue weighted by Crippen LogP contribution is -2.12. The number of furan rings is 1. The molecule has 0 saturated heterocycles. The second-order valence-corrected chi connectivity index (χ2v) is 5.21. The Hall–Kier alpha value is -0.780. The summed E-state index contributed by atoms with van der Waals surface area (Å²) in [5.74, 6) is 0.425. The van der Waals surface area contributed by atoms with Crippen LogP contribution in [-0.2, 0) is 0 Å². The Morgan fingerprint density at radius 3 is 2.76 bits per heavy atom. The smallest absolute Gasteiger partial charge is 0.156 e. The molecule has 17 heavy (non-hydrogen) atoms. The molecule has 92 valence electrons. The number of nitrogens with zero attached hydrogens (tertiary/aromatic N) is 2. The monoisotopic (exact) mass is 318 g/mol. The third-order valence-corrected chi connectivity index (χ3v) is 3.37. The quantitative estimate of drug-likeness (QED) is 0.941. The molecule has 2 aromatic rings. The molecule has 0 aliphatic carbocycles. The molecule has 2 aromatic heterocycles. The number of aliphatic hydroxyl groups excluding tert-OH is 1. The molecule has 1 atom stereocenters. The first-order chi connectivity index (χ1) is 8.02. The number of hydrogen-bond acceptors (Lipinski definition) is 3. The molecule has 0 bridgehead atoms. The molecular weight excluding hydrogens is 307 g/mol. The van der Waals surface area contributed by atoms with E-state index in [9.17, 15) is 5.11 Å². The third-order valence-electron chi connectivity index (χ3n) is 2.43. The first-order valence-corrected chi connectivity index (χ1v) is 6.33. The Labute approximate surface area is 112 Å². The van der Waals surface area contributed by atoms with Gasteiger partial charge in [-0.25, -0.2) is 0 Å². The van der Waals surface area contributed by atoms with Gasteiger partial charge in [-0.3, -0.25) is 4.68 Å². The minimum absolute atomic E-state index is 0.112. The van der Waals surface area contributed by atoms with Crippen LogP contribution in [-0.4, -0.2) is 14.9 Å². The molecule has 2 rings (SSSR count). The van der Waals surface area contributed by atoms with Crippen molar-refractivity contribution in [1.29, 1.82) is 0 Å². The van der Waals surface area contributed by atoms with Crippen molar-refractivity contribution in [2.24, 2.45) is 0 Å². The normalized spacial score (nSPS) is 13.3. The van der Waals surface area contributed by atoms with E-state index in [1.165, 1.54) is 12.5 Å². The molecule has 0 amide bonds. The molecule has 1 N–H and O–H groups in total. The summed E-state index contributed by atoms with van der Waals surface area (Å²) < 4.78 is 7.63. The summed E-state index contributed by atoms with van der Waals surface area (Å²) in [4.78, 5) is 0. The molecule has 0 aliphatic heterocycles. The number of halogens is 2. The van der Waals surface area contributed by atoms with Crippen LogP contribution < -0.4 is 0 Å². The Morgan fingerprint density at radius 2 is 2.24 bits per heavy atom. The summed E-state index contributed by atoms with van der Waals surface area (Å²) in [6.45, 7) is 3.94. The van der Waals surface area contributed by atoms with Crippen LogP contribution in [0.1, 0.15) is 37.4 Å². The molecule has 0 saturated carbocycles. The van der Waals surface area contributed by atoms with Crippen molar-refractivity contribution >= 4 is 27.5 Å². The number of rotatable bonds is 3. The highest BCUT2D eigenvalue weighted by Gasteiger charge is 2.25. The van der Waals surface area contributed by atoms with Crippen molar-refractivity contribution in [3.63, 3.8) is 0 Å². The molecule has 0 aliphatic rings. The van der Waals surface area contributed by atoms with Crippen molar-refractivity contribution in [3.05, 3.63) is 39.5 Å². The predicted molar refractivity (Wildman–Crippen MR) is 68.1 cm³/mol. The van der Waals surface area contributed by atoms with Gasteiger partial charge in [0.1, 0.15) is 0 Å². The molecule has 6 heteroatoms. The SMILES string of the molecule is CC(C)n1ncc(Cl)c1C(O)c1occc1Br. The average molecular weight is 320 g/mol. The Bertz CT molecular complexity index is 521. The van der Waals surface area contributed by atoms with Gasteiger partial charge in [0.25, 0.3) is 0 Å². The molecule has 1 unspecified atom stereocenters. The van der Waals surface area contributed by atoms with Gasteiger partial charge >= 0.3 is 0 Å². The minimum Gasteiger partial charge on any atom is -0.465 e. The maximum absolute atomic E-state index is 10.3. The zero-order valence-corrected chi connectivity index (χ0v) is 11.7. The van der Waals surface area contributed by atoms with Crippen LogP contribution >= 0.6 is 27.5 Å². The van der Waals surface area contributed by atoms with Crippen molar-refractivity contribution in [3.8, 4) is 0 Å². The largest absolute Gasteiger partial charge is 0.465 e. The van der Waals surface area contributed by atoms with Gasteiger partial charge in [-0.15, -0.1) is 0 Å². The molecule has 0 aromatic carbocycles. The van der Waals surface area contributed by atoms with E-state index >= 15 is 0 Å². The first-order valence-electron chi connectivity index (χ1n) is 5.16. The lowest BCUT2D eigenvalue weighted by molar-refractivity contribution is 0.175. The van der Waals surface area contributed by atoms with E-state index in [0.29, 0.717) is 20.9 Å². The van der Waals surface area contributed by atoms with E-state index in [-0.39, 0.29) is 6.04 Å². The number of aliphatic hydroxyl groups is 1. The molecule has 2 heterocycles. The van der Waals surface area contributed by atoms with Crippen LogP contribution in [0.3, 0.4) is 0 Å². The second-order valence-electron chi connectivity index (χ2n) is 3.95. The van der Waals surface area contributed by atoms with Crippen LogP contribution in [0.5, 0.6) is 0 Å². The zero-order chi connectivity index (χ0) is 12.6. The highest BCUT2D eigenvalue weighted by Crippen LogP contribution is 2.34. The molecule has 4 nitrogen and oxygen atoms in total. The Balaban J connectivity index is 2.47. The Morgan fingerprint density at radius 1 is 1.53 bits per heavy atom. The lowest BCUT2D eigenvalue weighted by atomic mass is 10.2. The fraction of sp³-hybridized carbons (Fsp3) is 0.364. The van der Waals surface area contributed by atoms with Crippen LogP contribution in [0, 0.1) is 0 Å². The van der Waals surface area contributed by atoms with E-state index in [1.54, 1.807) is 10.7 Å². The zero-order valence-electron chi connectivity index (χ0n) is 9.39. The number of hydrogen-bond donors (Lipinski definition) is 1. The topological polar surface area (TPSA) is 51.2 Å². The summed E-state index contributed by atoms with van der Waals surface area (Å²) in [5.41, 5.74) is 0.539. The maximum atomic E-state index is 10.3. The van der Waals surface area contributed by atoms with E-state index in [1.807, 2.05) is 13.8 Å². The van der Waals surface area contributed by atoms with Gasteiger partial charge in [-0.1, -0.05) is 11.6 Å². The van der Waals surface area contributed by atoms with Crippen molar-refractivity contribution in [2.75, 3.05) is 0 Å². The van der Waals surface area contributed by atoms with Gasteiger partial charge < -0.3 is 9.52 Å². The summed E-state index contributed by atoms with van der Waals surface area (Å²) in [6.07, 6.45) is 2.10. The second kappa shape index (κ2) is 4.84. The predicted octanol–water partition coefficient (Wildman–Crippen LogP) is 3.55. The van der Waals surface area contributed by atoms with Gasteiger partial charge in [-0.2, -0.15) is 5.10 Å². The van der Waals surface area contributed by atoms with Crippen molar-refractivity contribution < 1.29 is 9.52 Å². The summed E-state index contributed by atoms with van der Waals surface area (Å²) >= 11 is 9.36. The van der Waals surface area contributed by atoms with Crippen LogP contribution in [0.4, 0.5) is 0 Å². The molecular formula is C11H12BrClN2O2. The lowest BCUT2D eigenvalue weighted by Gasteiger charge is -2.15. The van der Waals surface area contributed by atoms with E-state index in [0.717, 1.165) is 0 Å². The van der Waals surface area contributed by atoms with Gasteiger partial charge in [-0.05, 0) is 35.8 Å². The van der Waals surface area contributed by atoms with E-state index in [4.69, 9.17) is 16.0 Å². The van der Waals surface area contributed by atoms with E-state index < -0.39 is 6.10 Å². The van der Waals surface area contributed by atoms with Crippen LogP contribution in [0.15, 0.2) is 27.4 Å². The highest BCUT2D eigenvalue weighted by atomic mass is 79.9. The van der Waals surface area contributed by atoms with Crippen molar-refractivity contribution in [2.45, 2.75) is 26.0 Å². The number of aromatic nitrogens is 2. The minimum atomic E-state index is -0.934. The first kappa shape index (κ1) is 12.7. The molecule has 0 fully saturated rings. The highest BCUT2D eigenvalue weighted by molar-refractivity contribution is 9.10. The molecule has 0 radical (unpaired) electrons. The third kappa shape index (κ3) is 2.27. The summed E-state index contributed by atoms with van der Waals surface area (Å²) in [7, 11) is 0. The summed E-state index contributed by atoms with van der Waals surface area (Å²) in [5, 5.41) is 14.9.